The third-order valence-corrected chi connectivity index (χ3v) is 9.16. The Hall–Kier alpha value is -4.36. The maximum Gasteiger partial charge on any atom is 0.237 e. The van der Waals surface area contributed by atoms with Crippen LogP contribution in [0.1, 0.15) is 24.2 Å². The largest absolute Gasteiger partial charge is 0.480 e. The van der Waals surface area contributed by atoms with Crippen LogP contribution < -0.4 is 25.8 Å². The Morgan fingerprint density at radius 2 is 1.49 bits per heavy atom. The minimum atomic E-state index is -0.294. The van der Waals surface area contributed by atoms with Gasteiger partial charge < -0.3 is 25.8 Å². The van der Waals surface area contributed by atoms with E-state index in [9.17, 15) is 9.59 Å². The van der Waals surface area contributed by atoms with Crippen molar-refractivity contribution < 1.29 is 19.1 Å². The monoisotopic (exact) mass is 676 g/mol. The topological polar surface area (TPSA) is 157 Å². The number of halogens is 2. The van der Waals surface area contributed by atoms with E-state index in [-0.39, 0.29) is 23.8 Å². The van der Waals surface area contributed by atoms with Crippen molar-refractivity contribution in [1.29, 1.82) is 0 Å². The molecule has 4 heterocycles. The first-order valence-corrected chi connectivity index (χ1v) is 15.9. The van der Waals surface area contributed by atoms with Crippen molar-refractivity contribution in [2.45, 2.75) is 32.0 Å². The molecule has 2 aliphatic rings. The van der Waals surface area contributed by atoms with Gasteiger partial charge in [0.1, 0.15) is 11.4 Å². The summed E-state index contributed by atoms with van der Waals surface area (Å²) >= 11 is 14.0. The summed E-state index contributed by atoms with van der Waals surface area (Å²) in [5, 5.41) is 7.17. The highest BCUT2D eigenvalue weighted by atomic mass is 35.5. The van der Waals surface area contributed by atoms with E-state index in [1.807, 2.05) is 36.4 Å². The number of nitrogens with zero attached hydrogens (tertiary/aromatic N) is 5. The zero-order valence-electron chi connectivity index (χ0n) is 25.9. The number of primary amides is 1. The van der Waals surface area contributed by atoms with E-state index in [4.69, 9.17) is 48.4 Å². The molecular weight excluding hydrogens is 643 g/mol. The van der Waals surface area contributed by atoms with Crippen molar-refractivity contribution in [3.05, 3.63) is 70.2 Å². The van der Waals surface area contributed by atoms with Gasteiger partial charge in [-0.3, -0.25) is 24.5 Å². The predicted molar refractivity (Wildman–Crippen MR) is 178 cm³/mol. The summed E-state index contributed by atoms with van der Waals surface area (Å²) in [6.45, 7) is 2.71. The van der Waals surface area contributed by atoms with Crippen LogP contribution in [0.4, 0.5) is 0 Å². The van der Waals surface area contributed by atoms with Gasteiger partial charge in [-0.2, -0.15) is 0 Å². The van der Waals surface area contributed by atoms with Gasteiger partial charge in [0, 0.05) is 67.4 Å². The second-order valence-electron chi connectivity index (χ2n) is 11.5. The lowest BCUT2D eigenvalue weighted by Gasteiger charge is -2.37. The maximum absolute atomic E-state index is 11.5. The molecule has 0 radical (unpaired) electrons. The first-order valence-electron chi connectivity index (χ1n) is 15.1. The van der Waals surface area contributed by atoms with E-state index < -0.39 is 0 Å². The van der Waals surface area contributed by atoms with Crippen LogP contribution in [0.3, 0.4) is 0 Å². The number of carbonyl (C=O) groups excluding carboxylic acids is 2. The van der Waals surface area contributed by atoms with Gasteiger partial charge in [-0.25, -0.2) is 9.97 Å². The van der Waals surface area contributed by atoms with E-state index >= 15 is 0 Å². The number of ether oxygens (including phenoxy) is 2. The summed E-state index contributed by atoms with van der Waals surface area (Å²) in [5.74, 6) is 0.397. The Bertz CT molecular complexity index is 1820. The van der Waals surface area contributed by atoms with Gasteiger partial charge in [0.15, 0.2) is 0 Å². The highest BCUT2D eigenvalue weighted by Gasteiger charge is 2.32. The SMILES string of the molecule is COc1nc(-c2cccc(-c3cccc(-c4cnc(CN5CC(C(N)=O)C5)c(OC)n4)c3Cl)c2Cl)cnc1CNCC1CCC(=O)N1. The first kappa shape index (κ1) is 32.6. The Kier molecular flexibility index (Phi) is 9.83. The normalized spacial score (nSPS) is 16.5. The molecule has 0 spiro atoms. The van der Waals surface area contributed by atoms with Gasteiger partial charge in [0.05, 0.1) is 54.0 Å². The number of methoxy groups -OCH3 is 2. The van der Waals surface area contributed by atoms with Crippen molar-refractivity contribution in [3.63, 3.8) is 0 Å². The van der Waals surface area contributed by atoms with Crippen LogP contribution in [0.25, 0.3) is 33.6 Å². The van der Waals surface area contributed by atoms with E-state index in [1.54, 1.807) is 26.6 Å². The fourth-order valence-corrected chi connectivity index (χ4v) is 6.42. The van der Waals surface area contributed by atoms with Crippen LogP contribution in [0.15, 0.2) is 48.8 Å². The molecule has 2 amide bonds. The van der Waals surface area contributed by atoms with Crippen molar-refractivity contribution in [2.75, 3.05) is 33.9 Å². The number of nitrogens with one attached hydrogen (secondary N) is 2. The average Bonchev–Trinajstić information content (AvgIpc) is 3.47. The Balaban J connectivity index is 1.23. The molecule has 12 nitrogen and oxygen atoms in total. The Labute approximate surface area is 282 Å². The lowest BCUT2D eigenvalue weighted by molar-refractivity contribution is -0.127. The number of nitrogens with two attached hydrogens (primary N) is 1. The number of benzene rings is 2. The molecule has 1 unspecified atom stereocenters. The summed E-state index contributed by atoms with van der Waals surface area (Å²) in [6, 6.07) is 11.4. The van der Waals surface area contributed by atoms with Gasteiger partial charge in [-0.05, 0) is 6.42 Å². The van der Waals surface area contributed by atoms with Crippen LogP contribution in [-0.2, 0) is 22.7 Å². The number of hydrogen-bond donors (Lipinski definition) is 3. The lowest BCUT2D eigenvalue weighted by atomic mass is 9.98. The minimum Gasteiger partial charge on any atom is -0.480 e. The third-order valence-electron chi connectivity index (χ3n) is 8.35. The quantitative estimate of drug-likeness (QED) is 0.201. The third kappa shape index (κ3) is 7.01. The molecule has 0 bridgehead atoms. The standard InChI is InChI=1S/C33H34Cl2N8O4/c1-46-32-26(12-37-11-19-9-10-28(44)40-19)38-13-24(41-32)22-7-3-5-20(29(22)34)21-6-4-8-23(30(21)35)25-14-39-27(33(42-25)47-2)17-43-15-18(16-43)31(36)45/h3-8,13-14,18-19,37H,9-12,15-17H2,1-2H3,(H2,36,45)(H,40,44). The number of carbonyl (C=O) groups is 2. The molecule has 14 heteroatoms. The second-order valence-corrected chi connectivity index (χ2v) is 12.2. The molecule has 4 N–H and O–H groups in total. The Morgan fingerprint density at radius 1 is 0.936 bits per heavy atom. The van der Waals surface area contributed by atoms with E-state index in [0.717, 1.165) is 6.42 Å². The molecule has 47 heavy (non-hydrogen) atoms. The first-order chi connectivity index (χ1) is 22.7. The average molecular weight is 678 g/mol. The fourth-order valence-electron chi connectivity index (χ4n) is 5.77. The van der Waals surface area contributed by atoms with Gasteiger partial charge in [-0.15, -0.1) is 0 Å². The zero-order chi connectivity index (χ0) is 33.1. The number of aromatic nitrogens is 4. The van der Waals surface area contributed by atoms with Crippen LogP contribution >= 0.6 is 23.2 Å². The Morgan fingerprint density at radius 3 is 2.02 bits per heavy atom. The summed E-state index contributed by atoms with van der Waals surface area (Å²) < 4.78 is 11.1. The van der Waals surface area contributed by atoms with Gasteiger partial charge in [-0.1, -0.05) is 59.6 Å². The summed E-state index contributed by atoms with van der Waals surface area (Å²) in [4.78, 5) is 43.6. The number of hydrogen-bond acceptors (Lipinski definition) is 10. The lowest BCUT2D eigenvalue weighted by Crippen LogP contribution is -2.51. The minimum absolute atomic E-state index is 0.0780. The molecule has 2 aromatic carbocycles. The molecular formula is C33H34Cl2N8O4. The number of likely N-dealkylation sites (tertiary alicyclic amines) is 1. The molecule has 4 aromatic rings. The van der Waals surface area contributed by atoms with Gasteiger partial charge in [0.2, 0.25) is 23.6 Å². The highest BCUT2D eigenvalue weighted by Crippen LogP contribution is 2.42. The molecule has 2 aromatic heterocycles. The smallest absolute Gasteiger partial charge is 0.237 e. The molecule has 0 saturated carbocycles. The van der Waals surface area contributed by atoms with Gasteiger partial charge in [0.25, 0.3) is 0 Å². The van der Waals surface area contributed by atoms with Crippen molar-refractivity contribution >= 4 is 35.0 Å². The molecule has 1 atom stereocenters. The van der Waals surface area contributed by atoms with Crippen LogP contribution in [-0.4, -0.2) is 76.5 Å². The summed E-state index contributed by atoms with van der Waals surface area (Å²) in [5.41, 5.74) is 10.5. The molecule has 244 valence electrons. The zero-order valence-corrected chi connectivity index (χ0v) is 27.4. The molecule has 2 aliphatic heterocycles. The number of amides is 2. The van der Waals surface area contributed by atoms with Crippen LogP contribution in [0.5, 0.6) is 11.8 Å². The second kappa shape index (κ2) is 14.2. The molecule has 2 fully saturated rings. The van der Waals surface area contributed by atoms with E-state index in [2.05, 4.69) is 25.5 Å². The summed E-state index contributed by atoms with van der Waals surface area (Å²) in [7, 11) is 3.09. The van der Waals surface area contributed by atoms with Gasteiger partial charge >= 0.3 is 0 Å². The predicted octanol–water partition coefficient (Wildman–Crippen LogP) is 3.88. The van der Waals surface area contributed by atoms with Crippen LogP contribution in [0, 0.1) is 5.92 Å². The molecule has 6 rings (SSSR count). The van der Waals surface area contributed by atoms with Crippen molar-refractivity contribution in [3.8, 4) is 45.4 Å². The molecule has 2 saturated heterocycles. The van der Waals surface area contributed by atoms with E-state index in [1.165, 1.54) is 0 Å². The fraction of sp³-hybridized carbons (Fsp3) is 0.333. The highest BCUT2D eigenvalue weighted by molar-refractivity contribution is 6.39. The number of rotatable bonds is 12. The van der Waals surface area contributed by atoms with Crippen molar-refractivity contribution in [1.82, 2.24) is 35.5 Å². The maximum atomic E-state index is 11.5. The van der Waals surface area contributed by atoms with Crippen molar-refractivity contribution in [2.24, 2.45) is 11.7 Å². The summed E-state index contributed by atoms with van der Waals surface area (Å²) in [6.07, 6.45) is 4.69. The van der Waals surface area contributed by atoms with Crippen LogP contribution in [0.2, 0.25) is 10.0 Å². The molecule has 0 aliphatic carbocycles. The van der Waals surface area contributed by atoms with E-state index in [0.29, 0.717) is 106 Å².